The van der Waals surface area contributed by atoms with Crippen molar-refractivity contribution in [2.75, 3.05) is 25.5 Å². The third-order valence-electron chi connectivity index (χ3n) is 8.04. The molecular formula is C23H35N3O4S. The fraction of sp³-hybridized carbons (Fsp3) is 0.696. The molecule has 3 aliphatic rings. The van der Waals surface area contributed by atoms with Crippen LogP contribution in [-0.4, -0.2) is 56.0 Å². The van der Waals surface area contributed by atoms with Gasteiger partial charge in [-0.2, -0.15) is 4.31 Å². The van der Waals surface area contributed by atoms with E-state index in [0.717, 1.165) is 12.8 Å². The zero-order valence-corrected chi connectivity index (χ0v) is 19.8. The van der Waals surface area contributed by atoms with E-state index < -0.39 is 16.1 Å². The number of rotatable bonds is 5. The SMILES string of the molecule is CNc1ccc(C(=O)NC2C(C)(C)[C@@H]3CC[C@]2(C)C3)cc1S(=O)(=O)N1CCCC(O)C1. The van der Waals surface area contributed by atoms with Crippen LogP contribution < -0.4 is 10.6 Å². The molecule has 0 spiro atoms. The van der Waals surface area contributed by atoms with Crippen molar-refractivity contribution in [2.24, 2.45) is 16.7 Å². The van der Waals surface area contributed by atoms with E-state index in [9.17, 15) is 18.3 Å². The number of fused-ring (bicyclic) bond motifs is 2. The molecule has 0 aromatic heterocycles. The minimum absolute atomic E-state index is 0.0203. The van der Waals surface area contributed by atoms with Crippen LogP contribution in [0.5, 0.6) is 0 Å². The summed E-state index contributed by atoms with van der Waals surface area (Å²) in [5, 5.41) is 16.1. The third kappa shape index (κ3) is 3.76. The van der Waals surface area contributed by atoms with E-state index in [1.807, 2.05) is 0 Å². The average molecular weight is 450 g/mol. The second-order valence-electron chi connectivity index (χ2n) is 10.4. The second kappa shape index (κ2) is 7.74. The maximum atomic E-state index is 13.3. The molecule has 31 heavy (non-hydrogen) atoms. The second-order valence-corrected chi connectivity index (χ2v) is 12.3. The lowest BCUT2D eigenvalue weighted by Crippen LogP contribution is -2.52. The van der Waals surface area contributed by atoms with E-state index in [-0.39, 0.29) is 34.2 Å². The summed E-state index contributed by atoms with van der Waals surface area (Å²) in [6.07, 6.45) is 4.00. The molecule has 1 aromatic carbocycles. The molecular weight excluding hydrogens is 414 g/mol. The van der Waals surface area contributed by atoms with Crippen LogP contribution in [0.1, 0.15) is 63.2 Å². The monoisotopic (exact) mass is 449 g/mol. The van der Waals surface area contributed by atoms with Gasteiger partial charge in [0.2, 0.25) is 10.0 Å². The summed E-state index contributed by atoms with van der Waals surface area (Å²) in [6, 6.07) is 4.86. The van der Waals surface area contributed by atoms with Crippen LogP contribution in [0.3, 0.4) is 0 Å². The maximum Gasteiger partial charge on any atom is 0.251 e. The number of hydrogen-bond donors (Lipinski definition) is 3. The van der Waals surface area contributed by atoms with E-state index in [1.165, 1.54) is 16.8 Å². The summed E-state index contributed by atoms with van der Waals surface area (Å²) in [5.74, 6) is 0.376. The smallest absolute Gasteiger partial charge is 0.251 e. The predicted octanol–water partition coefficient (Wildman–Crippen LogP) is 2.82. The molecule has 2 bridgehead atoms. The highest BCUT2D eigenvalue weighted by Gasteiger charge is 2.59. The van der Waals surface area contributed by atoms with Gasteiger partial charge < -0.3 is 15.7 Å². The highest BCUT2D eigenvalue weighted by atomic mass is 32.2. The number of carbonyl (C=O) groups excluding carboxylic acids is 1. The van der Waals surface area contributed by atoms with Crippen LogP contribution in [0, 0.1) is 16.7 Å². The van der Waals surface area contributed by atoms with Gasteiger partial charge in [0.1, 0.15) is 4.90 Å². The van der Waals surface area contributed by atoms with Gasteiger partial charge in [0, 0.05) is 31.7 Å². The summed E-state index contributed by atoms with van der Waals surface area (Å²) >= 11 is 0. The van der Waals surface area contributed by atoms with Crippen molar-refractivity contribution in [2.45, 2.75) is 69.9 Å². The Kier molecular flexibility index (Phi) is 5.63. The fourth-order valence-corrected chi connectivity index (χ4v) is 7.98. The van der Waals surface area contributed by atoms with Crippen LogP contribution in [-0.2, 0) is 10.0 Å². The van der Waals surface area contributed by atoms with Crippen LogP contribution >= 0.6 is 0 Å². The van der Waals surface area contributed by atoms with E-state index in [2.05, 4.69) is 31.4 Å². The number of hydrogen-bond acceptors (Lipinski definition) is 5. The van der Waals surface area contributed by atoms with Crippen LogP contribution in [0.4, 0.5) is 5.69 Å². The summed E-state index contributed by atoms with van der Waals surface area (Å²) in [7, 11) is -2.17. The third-order valence-corrected chi connectivity index (χ3v) is 9.94. The van der Waals surface area contributed by atoms with Crippen molar-refractivity contribution >= 4 is 21.6 Å². The molecule has 172 valence electrons. The number of sulfonamides is 1. The Morgan fingerprint density at radius 3 is 2.58 bits per heavy atom. The van der Waals surface area contributed by atoms with Gasteiger partial charge in [0.15, 0.2) is 0 Å². The van der Waals surface area contributed by atoms with Gasteiger partial charge in [-0.05, 0) is 67.1 Å². The number of amides is 1. The van der Waals surface area contributed by atoms with Crippen molar-refractivity contribution in [1.29, 1.82) is 0 Å². The number of piperidine rings is 1. The maximum absolute atomic E-state index is 13.3. The highest BCUT2D eigenvalue weighted by Crippen LogP contribution is 2.62. The fourth-order valence-electron chi connectivity index (χ4n) is 6.24. The van der Waals surface area contributed by atoms with E-state index >= 15 is 0 Å². The number of aliphatic hydroxyl groups excluding tert-OH is 1. The first-order valence-corrected chi connectivity index (χ1v) is 12.7. The van der Waals surface area contributed by atoms with Gasteiger partial charge in [-0.25, -0.2) is 8.42 Å². The first kappa shape index (κ1) is 22.6. The van der Waals surface area contributed by atoms with Crippen LogP contribution in [0.15, 0.2) is 23.1 Å². The van der Waals surface area contributed by atoms with Gasteiger partial charge in [-0.3, -0.25) is 4.79 Å². The molecule has 1 aliphatic heterocycles. The minimum Gasteiger partial charge on any atom is -0.392 e. The van der Waals surface area contributed by atoms with Crippen LogP contribution in [0.25, 0.3) is 0 Å². The zero-order chi connectivity index (χ0) is 22.6. The van der Waals surface area contributed by atoms with E-state index in [0.29, 0.717) is 36.6 Å². The molecule has 0 radical (unpaired) electrons. The van der Waals surface area contributed by atoms with Crippen molar-refractivity contribution in [3.8, 4) is 0 Å². The molecule has 1 aromatic rings. The number of aliphatic hydroxyl groups is 1. The minimum atomic E-state index is -3.83. The van der Waals surface area contributed by atoms with Crippen molar-refractivity contribution in [1.82, 2.24) is 9.62 Å². The quantitative estimate of drug-likeness (QED) is 0.642. The number of benzene rings is 1. The van der Waals surface area contributed by atoms with E-state index in [1.54, 1.807) is 19.2 Å². The Morgan fingerprint density at radius 2 is 1.97 bits per heavy atom. The van der Waals surface area contributed by atoms with E-state index in [4.69, 9.17) is 0 Å². The summed E-state index contributed by atoms with van der Waals surface area (Å²) in [5.41, 5.74) is 0.904. The van der Waals surface area contributed by atoms with Gasteiger partial charge in [-0.1, -0.05) is 20.8 Å². The summed E-state index contributed by atoms with van der Waals surface area (Å²) in [6.45, 7) is 7.17. The Balaban J connectivity index is 1.62. The summed E-state index contributed by atoms with van der Waals surface area (Å²) < 4.78 is 28.0. The molecule has 4 rings (SSSR count). The Hall–Kier alpha value is -1.64. The van der Waals surface area contributed by atoms with Crippen molar-refractivity contribution in [3.63, 3.8) is 0 Å². The summed E-state index contributed by atoms with van der Waals surface area (Å²) in [4.78, 5) is 13.3. The van der Waals surface area contributed by atoms with Gasteiger partial charge in [0.25, 0.3) is 5.91 Å². The number of carbonyl (C=O) groups is 1. The number of nitrogens with zero attached hydrogens (tertiary/aromatic N) is 1. The zero-order valence-electron chi connectivity index (χ0n) is 18.9. The van der Waals surface area contributed by atoms with Gasteiger partial charge >= 0.3 is 0 Å². The Morgan fingerprint density at radius 1 is 1.23 bits per heavy atom. The molecule has 2 saturated carbocycles. The van der Waals surface area contributed by atoms with Crippen LogP contribution in [0.2, 0.25) is 0 Å². The molecule has 1 heterocycles. The number of β-amino-alcohol motifs (C(OH)–C–C–N with tert-alkyl or cyclic N) is 1. The molecule has 1 saturated heterocycles. The molecule has 3 N–H and O–H groups in total. The molecule has 8 heteroatoms. The van der Waals surface area contributed by atoms with Crippen molar-refractivity contribution in [3.05, 3.63) is 23.8 Å². The van der Waals surface area contributed by atoms with Gasteiger partial charge in [-0.15, -0.1) is 0 Å². The average Bonchev–Trinajstić information content (AvgIpc) is 3.21. The van der Waals surface area contributed by atoms with Crippen molar-refractivity contribution < 1.29 is 18.3 Å². The molecule has 2 unspecified atom stereocenters. The Bertz CT molecular complexity index is 972. The normalized spacial score (nSPS) is 32.7. The molecule has 7 nitrogen and oxygen atoms in total. The lowest BCUT2D eigenvalue weighted by molar-refractivity contribution is 0.0737. The number of anilines is 1. The first-order valence-electron chi connectivity index (χ1n) is 11.3. The molecule has 4 atom stereocenters. The first-order chi connectivity index (χ1) is 14.5. The van der Waals surface area contributed by atoms with Gasteiger partial charge in [0.05, 0.1) is 11.8 Å². The Labute approximate surface area is 185 Å². The largest absolute Gasteiger partial charge is 0.392 e. The number of nitrogens with one attached hydrogen (secondary N) is 2. The molecule has 2 aliphatic carbocycles. The molecule has 3 fully saturated rings. The lowest BCUT2D eigenvalue weighted by Gasteiger charge is -2.43. The highest BCUT2D eigenvalue weighted by molar-refractivity contribution is 7.89. The molecule has 1 amide bonds. The topological polar surface area (TPSA) is 98.7 Å². The predicted molar refractivity (Wildman–Crippen MR) is 120 cm³/mol. The standard InChI is InChI=1S/C23H35N3O4S/c1-22(2)16-9-10-23(3,13-16)21(22)25-20(28)15-7-8-18(24-4)19(12-15)31(29,30)26-11-5-6-17(27)14-26/h7-8,12,16-17,21,24,27H,5-6,9-11,13-14H2,1-4H3,(H,25,28)/t16-,17?,21?,23-/m1/s1. The lowest BCUT2D eigenvalue weighted by atomic mass is 9.68.